The Balaban J connectivity index is 3.20. The predicted octanol–water partition coefficient (Wildman–Crippen LogP) is 2.36. The van der Waals surface area contributed by atoms with Crippen LogP contribution in [0.5, 0.6) is 11.5 Å². The lowest BCUT2D eigenvalue weighted by molar-refractivity contribution is -0.275. The average Bonchev–Trinajstić information content (AvgIpc) is 2.15. The summed E-state index contributed by atoms with van der Waals surface area (Å²) in [5, 5.41) is 8.48. The second-order valence-electron chi connectivity index (χ2n) is 3.11. The molecular formula is C10H9F3N2O2. The molecule has 7 heteroatoms. The molecule has 1 heterocycles. The van der Waals surface area contributed by atoms with Crippen molar-refractivity contribution in [1.29, 1.82) is 5.26 Å². The molecule has 0 saturated carbocycles. The Morgan fingerprint density at radius 2 is 2.12 bits per heavy atom. The third-order valence-corrected chi connectivity index (χ3v) is 1.85. The van der Waals surface area contributed by atoms with Crippen molar-refractivity contribution in [3.05, 3.63) is 17.5 Å². The molecule has 0 aliphatic heterocycles. The fourth-order valence-electron chi connectivity index (χ4n) is 1.31. The largest absolute Gasteiger partial charge is 0.573 e. The second kappa shape index (κ2) is 4.91. The number of halogens is 3. The molecule has 0 aliphatic carbocycles. The topological polar surface area (TPSA) is 55.1 Å². The van der Waals surface area contributed by atoms with Crippen LogP contribution >= 0.6 is 0 Å². The number of alkyl halides is 3. The van der Waals surface area contributed by atoms with Crippen molar-refractivity contribution in [1.82, 2.24) is 4.98 Å². The van der Waals surface area contributed by atoms with Gasteiger partial charge in [0.25, 0.3) is 0 Å². The van der Waals surface area contributed by atoms with E-state index in [9.17, 15) is 13.2 Å². The van der Waals surface area contributed by atoms with Crippen LogP contribution in [-0.4, -0.2) is 18.5 Å². The van der Waals surface area contributed by atoms with E-state index in [0.717, 1.165) is 6.07 Å². The van der Waals surface area contributed by atoms with E-state index in [0.29, 0.717) is 0 Å². The average molecular weight is 246 g/mol. The van der Waals surface area contributed by atoms with E-state index in [1.54, 1.807) is 6.07 Å². The molecule has 0 atom stereocenters. The molecule has 0 fully saturated rings. The summed E-state index contributed by atoms with van der Waals surface area (Å²) in [5.41, 5.74) is 0.435. The molecule has 92 valence electrons. The third kappa shape index (κ3) is 3.52. The molecule has 0 saturated heterocycles. The fourth-order valence-corrected chi connectivity index (χ4v) is 1.31. The molecule has 17 heavy (non-hydrogen) atoms. The minimum Gasteiger partial charge on any atom is -0.491 e. The van der Waals surface area contributed by atoms with Gasteiger partial charge in [-0.1, -0.05) is 0 Å². The van der Waals surface area contributed by atoms with Gasteiger partial charge in [-0.15, -0.1) is 13.2 Å². The van der Waals surface area contributed by atoms with Gasteiger partial charge < -0.3 is 9.47 Å². The summed E-state index contributed by atoms with van der Waals surface area (Å²) in [4.78, 5) is 3.93. The molecule has 0 aliphatic rings. The summed E-state index contributed by atoms with van der Waals surface area (Å²) in [6, 6.07) is 2.84. The molecule has 0 amide bonds. The van der Waals surface area contributed by atoms with Crippen molar-refractivity contribution in [2.45, 2.75) is 19.7 Å². The minimum atomic E-state index is -4.81. The van der Waals surface area contributed by atoms with E-state index in [2.05, 4.69) is 9.72 Å². The van der Waals surface area contributed by atoms with E-state index in [1.165, 1.54) is 14.0 Å². The zero-order valence-electron chi connectivity index (χ0n) is 9.13. The zero-order chi connectivity index (χ0) is 13.1. The maximum Gasteiger partial charge on any atom is 0.573 e. The van der Waals surface area contributed by atoms with Crippen LogP contribution in [-0.2, 0) is 6.42 Å². The van der Waals surface area contributed by atoms with Crippen LogP contribution in [0.25, 0.3) is 0 Å². The standard InChI is InChI=1S/C10H9F3N2O2/c1-6-9(16-2)8(17-10(11,12)13)5-7(15-6)3-4-14/h5H,3H2,1-2H3. The maximum absolute atomic E-state index is 12.1. The van der Waals surface area contributed by atoms with E-state index in [4.69, 9.17) is 10.00 Å². The Hall–Kier alpha value is -1.97. The van der Waals surface area contributed by atoms with Gasteiger partial charge in [0.15, 0.2) is 11.5 Å². The Morgan fingerprint density at radius 3 is 2.59 bits per heavy atom. The number of hydrogen-bond donors (Lipinski definition) is 0. The van der Waals surface area contributed by atoms with E-state index in [1.807, 2.05) is 0 Å². The summed E-state index contributed by atoms with van der Waals surface area (Å²) in [5.74, 6) is -0.582. The first kappa shape index (κ1) is 13.1. The van der Waals surface area contributed by atoms with E-state index in [-0.39, 0.29) is 23.6 Å². The second-order valence-corrected chi connectivity index (χ2v) is 3.11. The lowest BCUT2D eigenvalue weighted by Crippen LogP contribution is -2.18. The Labute approximate surface area is 95.6 Å². The molecule has 0 aromatic carbocycles. The molecule has 0 bridgehead atoms. The fraction of sp³-hybridized carbons (Fsp3) is 0.400. The van der Waals surface area contributed by atoms with Crippen molar-refractivity contribution in [2.75, 3.05) is 7.11 Å². The molecule has 0 radical (unpaired) electrons. The van der Waals surface area contributed by atoms with Crippen molar-refractivity contribution < 1.29 is 22.6 Å². The summed E-state index contributed by atoms with van der Waals surface area (Å²) >= 11 is 0. The van der Waals surface area contributed by atoms with Gasteiger partial charge in [0.2, 0.25) is 0 Å². The summed E-state index contributed by atoms with van der Waals surface area (Å²) in [7, 11) is 1.22. The molecule has 1 aromatic rings. The van der Waals surface area contributed by atoms with Crippen LogP contribution in [0.2, 0.25) is 0 Å². The quantitative estimate of drug-likeness (QED) is 0.821. The summed E-state index contributed by atoms with van der Waals surface area (Å²) in [6.07, 6.45) is -4.91. The number of ether oxygens (including phenoxy) is 2. The first-order valence-corrected chi connectivity index (χ1v) is 4.54. The number of rotatable bonds is 3. The molecule has 0 unspecified atom stereocenters. The lowest BCUT2D eigenvalue weighted by atomic mass is 10.2. The van der Waals surface area contributed by atoms with E-state index >= 15 is 0 Å². The summed E-state index contributed by atoms with van der Waals surface area (Å²) in [6.45, 7) is 1.48. The molecule has 0 N–H and O–H groups in total. The van der Waals surface area contributed by atoms with Crippen LogP contribution in [0.1, 0.15) is 11.4 Å². The third-order valence-electron chi connectivity index (χ3n) is 1.85. The number of hydrogen-bond acceptors (Lipinski definition) is 4. The molecular weight excluding hydrogens is 237 g/mol. The monoisotopic (exact) mass is 246 g/mol. The van der Waals surface area contributed by atoms with Gasteiger partial charge in [0, 0.05) is 6.07 Å². The van der Waals surface area contributed by atoms with Crippen LogP contribution in [0.3, 0.4) is 0 Å². The number of aryl methyl sites for hydroxylation is 1. The highest BCUT2D eigenvalue weighted by Crippen LogP contribution is 2.34. The number of methoxy groups -OCH3 is 1. The van der Waals surface area contributed by atoms with Crippen molar-refractivity contribution in [3.8, 4) is 17.6 Å². The smallest absolute Gasteiger partial charge is 0.491 e. The normalized spacial score (nSPS) is 10.8. The van der Waals surface area contributed by atoms with Gasteiger partial charge in [-0.3, -0.25) is 4.98 Å². The van der Waals surface area contributed by atoms with Crippen LogP contribution in [0, 0.1) is 18.3 Å². The Morgan fingerprint density at radius 1 is 1.47 bits per heavy atom. The van der Waals surface area contributed by atoms with Crippen molar-refractivity contribution >= 4 is 0 Å². The minimum absolute atomic E-state index is 0.0935. The van der Waals surface area contributed by atoms with Gasteiger partial charge in [0.05, 0.1) is 31.0 Å². The van der Waals surface area contributed by atoms with Gasteiger partial charge >= 0.3 is 6.36 Å². The molecule has 4 nitrogen and oxygen atoms in total. The van der Waals surface area contributed by atoms with Crippen molar-refractivity contribution in [3.63, 3.8) is 0 Å². The van der Waals surface area contributed by atoms with Gasteiger partial charge in [-0.2, -0.15) is 5.26 Å². The summed E-state index contributed by atoms with van der Waals surface area (Å²) < 4.78 is 45.0. The zero-order valence-corrected chi connectivity index (χ0v) is 9.13. The molecule has 1 rings (SSSR count). The highest BCUT2D eigenvalue weighted by molar-refractivity contribution is 5.44. The Bertz CT molecular complexity index is 452. The predicted molar refractivity (Wildman–Crippen MR) is 51.5 cm³/mol. The first-order chi connectivity index (χ1) is 7.87. The van der Waals surface area contributed by atoms with Crippen molar-refractivity contribution in [2.24, 2.45) is 0 Å². The molecule has 0 spiro atoms. The Kier molecular flexibility index (Phi) is 3.78. The van der Waals surface area contributed by atoms with Gasteiger partial charge in [0.1, 0.15) is 0 Å². The maximum atomic E-state index is 12.1. The van der Waals surface area contributed by atoms with Gasteiger partial charge in [-0.25, -0.2) is 0 Å². The van der Waals surface area contributed by atoms with Crippen LogP contribution in [0.15, 0.2) is 6.07 Å². The lowest BCUT2D eigenvalue weighted by Gasteiger charge is -2.14. The highest BCUT2D eigenvalue weighted by atomic mass is 19.4. The van der Waals surface area contributed by atoms with E-state index < -0.39 is 12.1 Å². The van der Waals surface area contributed by atoms with Crippen LogP contribution < -0.4 is 9.47 Å². The SMILES string of the molecule is COc1c(OC(F)(F)F)cc(CC#N)nc1C. The highest BCUT2D eigenvalue weighted by Gasteiger charge is 2.33. The van der Waals surface area contributed by atoms with Gasteiger partial charge in [-0.05, 0) is 6.92 Å². The molecule has 1 aromatic heterocycles. The number of nitriles is 1. The first-order valence-electron chi connectivity index (χ1n) is 4.54. The van der Waals surface area contributed by atoms with Crippen LogP contribution in [0.4, 0.5) is 13.2 Å². The number of pyridine rings is 1. The number of aromatic nitrogens is 1. The number of nitrogens with zero attached hydrogens (tertiary/aromatic N) is 2.